The van der Waals surface area contributed by atoms with E-state index in [4.69, 9.17) is 4.42 Å². The number of ether oxygens (including phenoxy) is 1. The van der Waals surface area contributed by atoms with Crippen molar-refractivity contribution in [1.29, 1.82) is 0 Å². The zero-order valence-corrected chi connectivity index (χ0v) is 23.1. The minimum atomic E-state index is -8.70. The molecule has 2 rings (SSSR count). The van der Waals surface area contributed by atoms with Gasteiger partial charge in [0, 0.05) is 17.4 Å². The van der Waals surface area contributed by atoms with Crippen molar-refractivity contribution in [2.24, 2.45) is 0 Å². The molecule has 0 aliphatic rings. The Morgan fingerprint density at radius 1 is 0.674 bits per heavy atom. The molecule has 21 heteroatoms. The van der Waals surface area contributed by atoms with Crippen molar-refractivity contribution >= 4 is 5.97 Å². The molecule has 1 heterocycles. The zero-order chi connectivity index (χ0) is 36.2. The summed E-state index contributed by atoms with van der Waals surface area (Å²) in [5.41, 5.74) is -1.22. The Hall–Kier alpha value is -3.29. The molecule has 0 N–H and O–H groups in total. The maximum absolute atomic E-state index is 14.1. The third kappa shape index (κ3) is 6.21. The molecule has 0 fully saturated rings. The summed E-state index contributed by atoms with van der Waals surface area (Å²) in [7, 11) is 0. The fourth-order valence-corrected chi connectivity index (χ4v) is 3.45. The highest BCUT2D eigenvalue weighted by molar-refractivity contribution is 5.93. The molecule has 0 unspecified atom stereocenters. The molecule has 46 heavy (non-hydrogen) atoms. The summed E-state index contributed by atoms with van der Waals surface area (Å²) < 4.78 is 238. The Balaban J connectivity index is 2.29. The largest absolute Gasteiger partial charge is 0.461 e. The number of carbonyl (C=O) groups excluding carboxylic acids is 1. The van der Waals surface area contributed by atoms with Gasteiger partial charge in [0.2, 0.25) is 5.89 Å². The number of oxazole rings is 1. The second kappa shape index (κ2) is 11.7. The van der Waals surface area contributed by atoms with Crippen LogP contribution in [0.15, 0.2) is 34.7 Å². The summed E-state index contributed by atoms with van der Waals surface area (Å²) in [6, 6.07) is 7.38. The van der Waals surface area contributed by atoms with Crippen molar-refractivity contribution < 1.29 is 88.6 Å². The van der Waals surface area contributed by atoms with Crippen LogP contribution in [0.2, 0.25) is 0 Å². The summed E-state index contributed by atoms with van der Waals surface area (Å²) in [6.45, 7) is 3.36. The van der Waals surface area contributed by atoms with Gasteiger partial charge in [0.15, 0.2) is 11.5 Å². The van der Waals surface area contributed by atoms with E-state index in [2.05, 4.69) is 9.72 Å². The van der Waals surface area contributed by atoms with Gasteiger partial charge in [-0.15, -0.1) is 0 Å². The molecule has 262 valence electrons. The van der Waals surface area contributed by atoms with Gasteiger partial charge in [-0.3, -0.25) is 0 Å². The molecule has 0 radical (unpaired) electrons. The third-order valence-electron chi connectivity index (χ3n) is 6.15. The van der Waals surface area contributed by atoms with E-state index in [1.807, 2.05) is 0 Å². The molecule has 1 aromatic heterocycles. The van der Waals surface area contributed by atoms with Crippen LogP contribution in [0.5, 0.6) is 0 Å². The number of alkyl halides is 17. The molecule has 4 nitrogen and oxygen atoms in total. The monoisotopic (exact) mass is 705 g/mol. The van der Waals surface area contributed by atoms with E-state index in [0.717, 1.165) is 0 Å². The molecule has 0 saturated heterocycles. The molecular weight excluding hydrogens is 685 g/mol. The third-order valence-corrected chi connectivity index (χ3v) is 6.15. The maximum Gasteiger partial charge on any atom is 0.460 e. The van der Waals surface area contributed by atoms with Crippen LogP contribution in [-0.4, -0.2) is 65.2 Å². The lowest BCUT2D eigenvalue weighted by molar-refractivity contribution is -0.461. The van der Waals surface area contributed by atoms with Gasteiger partial charge in [-0.05, 0) is 6.42 Å². The molecule has 0 amide bonds. The number of hydrogen-bond donors (Lipinski definition) is 0. The van der Waals surface area contributed by atoms with Crippen LogP contribution in [0.4, 0.5) is 74.6 Å². The van der Waals surface area contributed by atoms with Crippen molar-refractivity contribution in [2.75, 3.05) is 6.61 Å². The van der Waals surface area contributed by atoms with Gasteiger partial charge in [0.05, 0.1) is 6.61 Å². The van der Waals surface area contributed by atoms with Crippen molar-refractivity contribution in [2.45, 2.75) is 86.7 Å². The lowest BCUT2D eigenvalue weighted by Gasteiger charge is -2.42. The first-order valence-corrected chi connectivity index (χ1v) is 12.3. The van der Waals surface area contributed by atoms with E-state index in [0.29, 0.717) is 0 Å². The summed E-state index contributed by atoms with van der Waals surface area (Å²) in [6.07, 6.45) is -12.2. The number of nitrogens with zero attached hydrogens (tertiary/aromatic N) is 1. The summed E-state index contributed by atoms with van der Waals surface area (Å²) in [5, 5.41) is 0. The predicted molar refractivity (Wildman–Crippen MR) is 121 cm³/mol. The average Bonchev–Trinajstić information content (AvgIpc) is 3.37. The van der Waals surface area contributed by atoms with Crippen molar-refractivity contribution in [3.63, 3.8) is 0 Å². The minimum absolute atomic E-state index is 0.0667. The number of benzene rings is 1. The molecular formula is C25H20F17NO3. The first-order valence-electron chi connectivity index (χ1n) is 12.3. The topological polar surface area (TPSA) is 52.3 Å². The van der Waals surface area contributed by atoms with Crippen molar-refractivity contribution in [3.05, 3.63) is 41.9 Å². The van der Waals surface area contributed by atoms with E-state index in [-0.39, 0.29) is 17.2 Å². The van der Waals surface area contributed by atoms with Gasteiger partial charge < -0.3 is 9.15 Å². The summed E-state index contributed by atoms with van der Waals surface area (Å²) in [5.74, 6) is -58.7. The van der Waals surface area contributed by atoms with E-state index in [9.17, 15) is 79.4 Å². The van der Waals surface area contributed by atoms with Gasteiger partial charge in [0.25, 0.3) is 0 Å². The Morgan fingerprint density at radius 3 is 1.54 bits per heavy atom. The van der Waals surface area contributed by atoms with Gasteiger partial charge in [-0.1, -0.05) is 51.1 Å². The molecule has 0 bridgehead atoms. The number of esters is 1. The number of hydrogen-bond acceptors (Lipinski definition) is 4. The standard InChI is InChI=1S/C25H20F17NO3/c1-17(2,3)16-43-13(14(46-16)12-8-5-4-6-9-12)15(44)45-11-7-10-18(26,27)19(28,29)20(30,31)21(32,33)22(34,35)23(36,37)24(38,39)25(40,41)42/h4-6,8-9H,7,10-11H2,1-3H3. The van der Waals surface area contributed by atoms with Gasteiger partial charge in [-0.2, -0.15) is 74.6 Å². The molecule has 2 aromatic rings. The first kappa shape index (κ1) is 38.9. The van der Waals surface area contributed by atoms with E-state index < -0.39 is 84.2 Å². The highest BCUT2D eigenvalue weighted by Crippen LogP contribution is 2.64. The van der Waals surface area contributed by atoms with Crippen LogP contribution in [0, 0.1) is 0 Å². The molecule has 1 aromatic carbocycles. The quantitative estimate of drug-likeness (QED) is 0.125. The van der Waals surface area contributed by atoms with Crippen molar-refractivity contribution in [3.8, 4) is 11.3 Å². The van der Waals surface area contributed by atoms with E-state index >= 15 is 0 Å². The first-order chi connectivity index (χ1) is 20.3. The SMILES string of the molecule is CC(C)(C)c1nc(C(=O)OCCCC(F)(F)C(F)(F)C(F)(F)C(F)(F)C(F)(F)C(F)(F)C(F)(F)C(F)(F)F)c(-c2ccccc2)o1. The maximum atomic E-state index is 14.1. The van der Waals surface area contributed by atoms with Crippen LogP contribution in [0.25, 0.3) is 11.3 Å². The smallest absolute Gasteiger partial charge is 0.460 e. The number of halogens is 17. The van der Waals surface area contributed by atoms with Crippen LogP contribution in [-0.2, 0) is 10.2 Å². The lowest BCUT2D eigenvalue weighted by Crippen LogP contribution is -2.74. The Bertz CT molecular complexity index is 1380. The van der Waals surface area contributed by atoms with Gasteiger partial charge in [0.1, 0.15) is 0 Å². The zero-order valence-electron chi connectivity index (χ0n) is 23.1. The number of carbonyl (C=O) groups is 1. The average molecular weight is 705 g/mol. The molecule has 0 spiro atoms. The molecule has 0 saturated carbocycles. The Kier molecular flexibility index (Phi) is 9.93. The molecule has 0 aliphatic carbocycles. The van der Waals surface area contributed by atoms with E-state index in [1.165, 1.54) is 24.3 Å². The fourth-order valence-electron chi connectivity index (χ4n) is 3.45. The summed E-state index contributed by atoms with van der Waals surface area (Å²) >= 11 is 0. The number of rotatable bonds is 12. The van der Waals surface area contributed by atoms with Crippen LogP contribution in [0.1, 0.15) is 50.0 Å². The normalized spacial score (nSPS) is 14.9. The molecule has 0 atom stereocenters. The summed E-state index contributed by atoms with van der Waals surface area (Å²) in [4.78, 5) is 16.5. The Morgan fingerprint density at radius 2 is 1.11 bits per heavy atom. The van der Waals surface area contributed by atoms with Gasteiger partial charge in [-0.25, -0.2) is 9.78 Å². The van der Waals surface area contributed by atoms with Crippen LogP contribution in [0.3, 0.4) is 0 Å². The highest BCUT2D eigenvalue weighted by atomic mass is 19.4. The molecule has 0 aliphatic heterocycles. The van der Waals surface area contributed by atoms with Crippen molar-refractivity contribution in [1.82, 2.24) is 4.98 Å². The predicted octanol–water partition coefficient (Wildman–Crippen LogP) is 9.59. The second-order valence-corrected chi connectivity index (χ2v) is 10.7. The number of aromatic nitrogens is 1. The fraction of sp³-hybridized carbons (Fsp3) is 0.600. The highest BCUT2D eigenvalue weighted by Gasteiger charge is 2.95. The van der Waals surface area contributed by atoms with Crippen LogP contribution < -0.4 is 0 Å². The Labute approximate surface area is 246 Å². The minimum Gasteiger partial charge on any atom is -0.461 e. The lowest BCUT2D eigenvalue weighted by atomic mass is 9.88. The van der Waals surface area contributed by atoms with E-state index in [1.54, 1.807) is 26.8 Å². The second-order valence-electron chi connectivity index (χ2n) is 10.7. The van der Waals surface area contributed by atoms with Gasteiger partial charge >= 0.3 is 53.6 Å². The van der Waals surface area contributed by atoms with Crippen LogP contribution >= 0.6 is 0 Å².